The summed E-state index contributed by atoms with van der Waals surface area (Å²) in [6.07, 6.45) is -1.50. The largest absolute Gasteiger partial charge is 0.477 e. The normalized spacial score (nSPS) is 18.5. The lowest BCUT2D eigenvalue weighted by Crippen LogP contribution is -2.34. The smallest absolute Gasteiger partial charge is 0.351 e. The second-order valence-electron chi connectivity index (χ2n) is 6.88. The number of likely N-dealkylation sites (tertiary alicyclic amines) is 2. The molecule has 0 bridgehead atoms. The van der Waals surface area contributed by atoms with Gasteiger partial charge in [0.05, 0.1) is 11.4 Å². The molecular formula is C16H16N2O14S4. The van der Waals surface area contributed by atoms with E-state index in [4.69, 9.17) is 0 Å². The number of aliphatic carboxylic acids is 2. The Morgan fingerprint density at radius 3 is 1.08 bits per heavy atom. The Bertz CT molecular complexity index is 1190. The van der Waals surface area contributed by atoms with Crippen molar-refractivity contribution in [1.82, 2.24) is 9.80 Å². The Morgan fingerprint density at radius 1 is 0.639 bits per heavy atom. The van der Waals surface area contributed by atoms with Crippen LogP contribution in [0.1, 0.15) is 25.7 Å². The summed E-state index contributed by atoms with van der Waals surface area (Å²) in [5.74, 6) is -9.81. The van der Waals surface area contributed by atoms with Crippen molar-refractivity contribution in [2.45, 2.75) is 25.7 Å². The molecule has 2 rings (SSSR count). The fourth-order valence-electron chi connectivity index (χ4n) is 3.18. The molecule has 0 aromatic carbocycles. The number of amides is 4. The van der Waals surface area contributed by atoms with Gasteiger partial charge in [-0.05, 0) is 0 Å². The van der Waals surface area contributed by atoms with Crippen LogP contribution in [0.5, 0.6) is 0 Å². The summed E-state index contributed by atoms with van der Waals surface area (Å²) >= 11 is 0. The molecule has 20 heteroatoms. The summed E-state index contributed by atoms with van der Waals surface area (Å²) in [5, 5.41) is 18.5. The number of nitrogens with zero attached hydrogens (tertiary/aromatic N) is 2. The molecule has 36 heavy (non-hydrogen) atoms. The molecule has 0 unspecified atom stereocenters. The van der Waals surface area contributed by atoms with Crippen LogP contribution in [0.15, 0.2) is 21.2 Å². The highest BCUT2D eigenvalue weighted by atomic mass is 33.1. The molecule has 0 saturated carbocycles. The molecule has 0 radical (unpaired) electrons. The van der Waals surface area contributed by atoms with E-state index < -0.39 is 88.5 Å². The summed E-state index contributed by atoms with van der Waals surface area (Å²) in [4.78, 5) is 68.5. The highest BCUT2D eigenvalue weighted by Crippen LogP contribution is 2.34. The van der Waals surface area contributed by atoms with Crippen LogP contribution in [0.4, 0.5) is 0 Å². The van der Waals surface area contributed by atoms with Crippen molar-refractivity contribution in [2.24, 2.45) is 0 Å². The van der Waals surface area contributed by atoms with E-state index in [0.29, 0.717) is 21.6 Å². The first kappa shape index (κ1) is 29.5. The molecule has 2 aliphatic heterocycles. The van der Waals surface area contributed by atoms with E-state index >= 15 is 0 Å². The van der Waals surface area contributed by atoms with E-state index in [1.54, 1.807) is 0 Å². The SMILES string of the molecule is O=C(O)/C(=C(/CSSC/C(=C(/C(=O)O)S(=O)(=O)O)N1C(=O)CCC1=O)N1C(=O)CCC1=O)S(=O)(=O)O. The van der Waals surface area contributed by atoms with Crippen LogP contribution in [-0.4, -0.2) is 93.0 Å². The predicted molar refractivity (Wildman–Crippen MR) is 120 cm³/mol. The molecule has 0 aliphatic carbocycles. The van der Waals surface area contributed by atoms with Crippen molar-refractivity contribution in [1.29, 1.82) is 0 Å². The number of rotatable bonds is 11. The average molecular weight is 589 g/mol. The molecule has 198 valence electrons. The Kier molecular flexibility index (Phi) is 9.07. The van der Waals surface area contributed by atoms with Gasteiger partial charge >= 0.3 is 32.2 Å². The second-order valence-corrected chi connectivity index (χ2v) is 12.1. The maximum atomic E-state index is 12.1. The molecule has 2 aliphatic rings. The number of carbonyl (C=O) groups is 6. The zero-order chi connectivity index (χ0) is 27.6. The van der Waals surface area contributed by atoms with Crippen LogP contribution >= 0.6 is 21.6 Å². The third-order valence-corrected chi connectivity index (χ3v) is 8.55. The van der Waals surface area contributed by atoms with Gasteiger partial charge in [-0.1, -0.05) is 21.6 Å². The average Bonchev–Trinajstić information content (AvgIpc) is 3.21. The molecule has 0 aromatic rings. The monoisotopic (exact) mass is 588 g/mol. The second kappa shape index (κ2) is 11.1. The van der Waals surface area contributed by atoms with Crippen molar-refractivity contribution in [3.8, 4) is 0 Å². The predicted octanol–water partition coefficient (Wildman–Crippen LogP) is -0.966. The zero-order valence-electron chi connectivity index (χ0n) is 17.6. The van der Waals surface area contributed by atoms with Gasteiger partial charge in [0.2, 0.25) is 23.6 Å². The Hall–Kier alpha value is -2.78. The minimum Gasteiger partial charge on any atom is -0.477 e. The summed E-state index contributed by atoms with van der Waals surface area (Å²) in [6, 6.07) is 0. The first-order chi connectivity index (χ1) is 16.5. The minimum absolute atomic E-state index is 0.260. The summed E-state index contributed by atoms with van der Waals surface area (Å²) in [6.45, 7) is 0. The van der Waals surface area contributed by atoms with Gasteiger partial charge in [0.1, 0.15) is 0 Å². The standard InChI is InChI=1S/C16H16N2O14S4/c19-9-1-2-10(20)17(9)7(13(15(23)24)35(27,28)29)5-33-34-6-8(14(16(25)26)36(30,31)32)18-11(21)3-4-12(18)22/h1-6H2,(H,23,24)(H,25,26)(H,27,28,29)(H,30,31,32)/b13-7+,14-8+. The van der Waals surface area contributed by atoms with E-state index in [2.05, 4.69) is 0 Å². The van der Waals surface area contributed by atoms with Gasteiger partial charge in [-0.2, -0.15) is 16.8 Å². The summed E-state index contributed by atoms with van der Waals surface area (Å²) in [7, 11) is -9.99. The number of carboxylic acids is 2. The first-order valence-corrected chi connectivity index (χ1v) is 14.7. The van der Waals surface area contributed by atoms with Crippen molar-refractivity contribution in [3.05, 3.63) is 21.2 Å². The topological polar surface area (TPSA) is 258 Å². The highest BCUT2D eigenvalue weighted by Gasteiger charge is 2.40. The molecule has 4 N–H and O–H groups in total. The lowest BCUT2D eigenvalue weighted by atomic mass is 10.3. The van der Waals surface area contributed by atoms with Gasteiger partial charge in [-0.25, -0.2) is 9.59 Å². The number of hydrogen-bond donors (Lipinski definition) is 4. The summed E-state index contributed by atoms with van der Waals surface area (Å²) < 4.78 is 65.3. The molecule has 0 spiro atoms. The lowest BCUT2D eigenvalue weighted by Gasteiger charge is -2.21. The lowest BCUT2D eigenvalue weighted by molar-refractivity contribution is -0.138. The molecule has 2 fully saturated rings. The van der Waals surface area contributed by atoms with Gasteiger partial charge in [-0.3, -0.25) is 38.1 Å². The third-order valence-electron chi connectivity index (χ3n) is 4.55. The molecule has 0 atom stereocenters. The fourth-order valence-corrected chi connectivity index (χ4v) is 6.83. The molecule has 4 amide bonds. The quantitative estimate of drug-likeness (QED) is 0.0744. The Morgan fingerprint density at radius 2 is 0.889 bits per heavy atom. The van der Waals surface area contributed by atoms with Gasteiger partial charge in [0.15, 0.2) is 9.81 Å². The van der Waals surface area contributed by atoms with Crippen LogP contribution in [0.2, 0.25) is 0 Å². The van der Waals surface area contributed by atoms with Crippen molar-refractivity contribution >= 4 is 77.4 Å². The summed E-state index contributed by atoms with van der Waals surface area (Å²) in [5.41, 5.74) is -1.86. The molecule has 2 heterocycles. The maximum absolute atomic E-state index is 12.1. The van der Waals surface area contributed by atoms with Crippen LogP contribution in [-0.2, 0) is 49.0 Å². The number of carbonyl (C=O) groups excluding carboxylic acids is 4. The Balaban J connectivity index is 2.46. The van der Waals surface area contributed by atoms with Crippen LogP contribution in [0.25, 0.3) is 0 Å². The molecule has 2 saturated heterocycles. The number of carboxylic acid groups (broad SMARTS) is 2. The van der Waals surface area contributed by atoms with E-state index in [1.165, 1.54) is 0 Å². The van der Waals surface area contributed by atoms with Gasteiger partial charge in [0.25, 0.3) is 0 Å². The first-order valence-electron chi connectivity index (χ1n) is 9.32. The van der Waals surface area contributed by atoms with Gasteiger partial charge in [0, 0.05) is 37.2 Å². The van der Waals surface area contributed by atoms with Gasteiger partial charge < -0.3 is 10.2 Å². The molecule has 0 aromatic heterocycles. The van der Waals surface area contributed by atoms with Crippen molar-refractivity contribution in [2.75, 3.05) is 11.5 Å². The van der Waals surface area contributed by atoms with Crippen molar-refractivity contribution in [3.63, 3.8) is 0 Å². The maximum Gasteiger partial charge on any atom is 0.351 e. The minimum atomic E-state index is -5.46. The highest BCUT2D eigenvalue weighted by molar-refractivity contribution is 8.76. The fraction of sp³-hybridized carbons (Fsp3) is 0.375. The van der Waals surface area contributed by atoms with E-state index in [-0.39, 0.29) is 35.5 Å². The van der Waals surface area contributed by atoms with E-state index in [9.17, 15) is 64.9 Å². The van der Waals surface area contributed by atoms with E-state index in [1.807, 2.05) is 0 Å². The molecular weight excluding hydrogens is 572 g/mol. The number of hydrogen-bond acceptors (Lipinski definition) is 12. The zero-order valence-corrected chi connectivity index (χ0v) is 20.9. The Labute approximate surface area is 210 Å². The van der Waals surface area contributed by atoms with Gasteiger partial charge in [-0.15, -0.1) is 0 Å². The van der Waals surface area contributed by atoms with Crippen LogP contribution in [0, 0.1) is 0 Å². The van der Waals surface area contributed by atoms with E-state index in [0.717, 1.165) is 0 Å². The third kappa shape index (κ3) is 6.50. The van der Waals surface area contributed by atoms with Crippen molar-refractivity contribution < 1.29 is 64.9 Å². The van der Waals surface area contributed by atoms with Crippen LogP contribution in [0.3, 0.4) is 0 Å². The van der Waals surface area contributed by atoms with Crippen LogP contribution < -0.4 is 0 Å². The number of imide groups is 2. The molecule has 16 nitrogen and oxygen atoms in total.